The third kappa shape index (κ3) is 2.52. The molecule has 2 heterocycles. The van der Waals surface area contributed by atoms with Gasteiger partial charge in [0.25, 0.3) is 0 Å². The third-order valence-corrected chi connectivity index (χ3v) is 3.69. The molecule has 1 aliphatic rings. The minimum atomic E-state index is -0.385. The van der Waals surface area contributed by atoms with Crippen LogP contribution in [0.3, 0.4) is 0 Å². The Labute approximate surface area is 122 Å². The second-order valence-corrected chi connectivity index (χ2v) is 4.91. The Morgan fingerprint density at radius 3 is 2.95 bits per heavy atom. The van der Waals surface area contributed by atoms with E-state index in [2.05, 4.69) is 11.1 Å². The first-order chi connectivity index (χ1) is 10.2. The summed E-state index contributed by atoms with van der Waals surface area (Å²) >= 11 is 0. The average Bonchev–Trinajstić information content (AvgIpc) is 2.53. The fraction of sp³-hybridized carbons (Fsp3) is 0.267. The molecule has 6 heteroatoms. The van der Waals surface area contributed by atoms with Crippen LogP contribution < -0.4 is 9.64 Å². The molecule has 2 aromatic rings. The first kappa shape index (κ1) is 13.4. The lowest BCUT2D eigenvalue weighted by Gasteiger charge is -2.29. The van der Waals surface area contributed by atoms with Gasteiger partial charge in [0, 0.05) is 25.4 Å². The number of nitrogens with zero attached hydrogens (tertiary/aromatic N) is 3. The molecule has 0 amide bonds. The van der Waals surface area contributed by atoms with Crippen LogP contribution in [0.25, 0.3) is 0 Å². The molecule has 3 rings (SSSR count). The number of anilines is 1. The molecule has 0 N–H and O–H groups in total. The van der Waals surface area contributed by atoms with Gasteiger partial charge in [-0.2, -0.15) is 0 Å². The minimum Gasteiger partial charge on any atom is -0.497 e. The summed E-state index contributed by atoms with van der Waals surface area (Å²) in [5.41, 5.74) is 2.43. The second-order valence-electron chi connectivity index (χ2n) is 4.91. The summed E-state index contributed by atoms with van der Waals surface area (Å²) in [6.07, 6.45) is 2.43. The van der Waals surface area contributed by atoms with Crippen LogP contribution in [0, 0.1) is 10.1 Å². The number of pyridine rings is 1. The standard InChI is InChI=1S/C15H15N3O3/c1-21-13-5-4-11-6-8-17(10-12(11)9-13)15-14(18(19)20)3-2-7-16-15/h2-5,7,9H,6,8,10H2,1H3. The van der Waals surface area contributed by atoms with E-state index < -0.39 is 0 Å². The maximum Gasteiger partial charge on any atom is 0.311 e. The van der Waals surface area contributed by atoms with E-state index in [4.69, 9.17) is 4.74 Å². The summed E-state index contributed by atoms with van der Waals surface area (Å²) in [7, 11) is 1.63. The van der Waals surface area contributed by atoms with Gasteiger partial charge in [-0.05, 0) is 35.7 Å². The fourth-order valence-electron chi connectivity index (χ4n) is 2.62. The predicted octanol–water partition coefficient (Wildman–Crippen LogP) is 2.56. The SMILES string of the molecule is COc1ccc2c(c1)CN(c1ncccc1[N+](=O)[O-])CC2. The number of fused-ring (bicyclic) bond motifs is 1. The van der Waals surface area contributed by atoms with Gasteiger partial charge in [-0.1, -0.05) is 6.07 Å². The van der Waals surface area contributed by atoms with Gasteiger partial charge in [-0.15, -0.1) is 0 Å². The number of methoxy groups -OCH3 is 1. The molecular weight excluding hydrogens is 270 g/mol. The molecule has 21 heavy (non-hydrogen) atoms. The molecule has 1 aromatic heterocycles. The van der Waals surface area contributed by atoms with Crippen molar-refractivity contribution in [2.75, 3.05) is 18.6 Å². The van der Waals surface area contributed by atoms with E-state index in [0.717, 1.165) is 24.3 Å². The first-order valence-corrected chi connectivity index (χ1v) is 6.69. The van der Waals surface area contributed by atoms with Gasteiger partial charge < -0.3 is 9.64 Å². The molecule has 0 bridgehead atoms. The van der Waals surface area contributed by atoms with Crippen LogP contribution in [0.15, 0.2) is 36.5 Å². The van der Waals surface area contributed by atoms with E-state index in [1.165, 1.54) is 11.6 Å². The molecule has 0 fully saturated rings. The molecule has 1 aromatic carbocycles. The first-order valence-electron chi connectivity index (χ1n) is 6.69. The summed E-state index contributed by atoms with van der Waals surface area (Å²) in [4.78, 5) is 16.9. The van der Waals surface area contributed by atoms with Gasteiger partial charge >= 0.3 is 5.69 Å². The average molecular weight is 285 g/mol. The van der Waals surface area contributed by atoms with E-state index >= 15 is 0 Å². The highest BCUT2D eigenvalue weighted by Crippen LogP contribution is 2.31. The van der Waals surface area contributed by atoms with Crippen molar-refractivity contribution < 1.29 is 9.66 Å². The normalized spacial score (nSPS) is 13.7. The van der Waals surface area contributed by atoms with E-state index in [0.29, 0.717) is 12.4 Å². The molecule has 0 spiro atoms. The molecule has 0 radical (unpaired) electrons. The smallest absolute Gasteiger partial charge is 0.311 e. The summed E-state index contributed by atoms with van der Waals surface area (Å²) in [5.74, 6) is 1.22. The summed E-state index contributed by atoms with van der Waals surface area (Å²) in [6.45, 7) is 1.32. The number of aromatic nitrogens is 1. The van der Waals surface area contributed by atoms with Gasteiger partial charge in [0.2, 0.25) is 5.82 Å². The van der Waals surface area contributed by atoms with Gasteiger partial charge in [0.05, 0.1) is 12.0 Å². The zero-order chi connectivity index (χ0) is 14.8. The highest BCUT2D eigenvalue weighted by Gasteiger charge is 2.24. The Morgan fingerprint density at radius 2 is 2.19 bits per heavy atom. The Morgan fingerprint density at radius 1 is 1.33 bits per heavy atom. The van der Waals surface area contributed by atoms with Crippen LogP contribution in [-0.4, -0.2) is 23.6 Å². The van der Waals surface area contributed by atoms with Gasteiger partial charge in [-0.25, -0.2) is 4.98 Å². The van der Waals surface area contributed by atoms with Crippen LogP contribution >= 0.6 is 0 Å². The summed E-state index contributed by atoms with van der Waals surface area (Å²) < 4.78 is 5.24. The van der Waals surface area contributed by atoms with Crippen molar-refractivity contribution in [3.8, 4) is 5.75 Å². The molecule has 0 unspecified atom stereocenters. The zero-order valence-corrected chi connectivity index (χ0v) is 11.7. The molecule has 108 valence electrons. The van der Waals surface area contributed by atoms with Crippen molar-refractivity contribution in [2.45, 2.75) is 13.0 Å². The Bertz CT molecular complexity index is 688. The molecular formula is C15H15N3O3. The quantitative estimate of drug-likeness (QED) is 0.640. The number of ether oxygens (including phenoxy) is 1. The van der Waals surface area contributed by atoms with Crippen molar-refractivity contribution in [1.82, 2.24) is 4.98 Å². The monoisotopic (exact) mass is 285 g/mol. The van der Waals surface area contributed by atoms with E-state index in [1.54, 1.807) is 19.4 Å². The number of hydrogen-bond donors (Lipinski definition) is 0. The highest BCUT2D eigenvalue weighted by atomic mass is 16.6. The van der Waals surface area contributed by atoms with Crippen molar-refractivity contribution in [3.63, 3.8) is 0 Å². The number of nitro groups is 1. The second kappa shape index (κ2) is 5.40. The predicted molar refractivity (Wildman–Crippen MR) is 78.6 cm³/mol. The lowest BCUT2D eigenvalue weighted by molar-refractivity contribution is -0.384. The van der Waals surface area contributed by atoms with Gasteiger partial charge in [0.15, 0.2) is 0 Å². The zero-order valence-electron chi connectivity index (χ0n) is 11.7. The van der Waals surface area contributed by atoms with Crippen LogP contribution in [0.1, 0.15) is 11.1 Å². The maximum atomic E-state index is 11.1. The van der Waals surface area contributed by atoms with Crippen molar-refractivity contribution in [2.24, 2.45) is 0 Å². The number of benzene rings is 1. The molecule has 0 saturated heterocycles. The van der Waals surface area contributed by atoms with Crippen LogP contribution in [-0.2, 0) is 13.0 Å². The van der Waals surface area contributed by atoms with Crippen LogP contribution in [0.2, 0.25) is 0 Å². The fourth-order valence-corrected chi connectivity index (χ4v) is 2.62. The Hall–Kier alpha value is -2.63. The van der Waals surface area contributed by atoms with E-state index in [1.807, 2.05) is 17.0 Å². The summed E-state index contributed by atoms with van der Waals surface area (Å²) in [5, 5.41) is 11.1. The molecule has 6 nitrogen and oxygen atoms in total. The highest BCUT2D eigenvalue weighted by molar-refractivity contribution is 5.59. The number of rotatable bonds is 3. The van der Waals surface area contributed by atoms with E-state index in [9.17, 15) is 10.1 Å². The number of hydrogen-bond acceptors (Lipinski definition) is 5. The minimum absolute atomic E-state index is 0.0452. The topological polar surface area (TPSA) is 68.5 Å². The largest absolute Gasteiger partial charge is 0.497 e. The van der Waals surface area contributed by atoms with Crippen molar-refractivity contribution >= 4 is 11.5 Å². The lowest BCUT2D eigenvalue weighted by atomic mass is 9.99. The summed E-state index contributed by atoms with van der Waals surface area (Å²) in [6, 6.07) is 9.05. The Kier molecular flexibility index (Phi) is 3.43. The lowest BCUT2D eigenvalue weighted by Crippen LogP contribution is -2.31. The third-order valence-electron chi connectivity index (χ3n) is 3.69. The van der Waals surface area contributed by atoms with E-state index in [-0.39, 0.29) is 10.6 Å². The molecule has 0 aliphatic carbocycles. The maximum absolute atomic E-state index is 11.1. The van der Waals surface area contributed by atoms with Crippen molar-refractivity contribution in [1.29, 1.82) is 0 Å². The Balaban J connectivity index is 1.94. The van der Waals surface area contributed by atoms with Crippen LogP contribution in [0.5, 0.6) is 5.75 Å². The van der Waals surface area contributed by atoms with Gasteiger partial charge in [-0.3, -0.25) is 10.1 Å². The molecule has 1 aliphatic heterocycles. The molecule has 0 saturated carbocycles. The van der Waals surface area contributed by atoms with Crippen LogP contribution in [0.4, 0.5) is 11.5 Å². The van der Waals surface area contributed by atoms with Gasteiger partial charge in [0.1, 0.15) is 5.75 Å². The molecule has 0 atom stereocenters. The van der Waals surface area contributed by atoms with Crippen molar-refractivity contribution in [3.05, 3.63) is 57.8 Å².